The monoisotopic (exact) mass is 272 g/mol. The van der Waals surface area contributed by atoms with Crippen molar-refractivity contribution in [2.75, 3.05) is 10.5 Å². The molecule has 2 aromatic rings. The molecule has 0 unspecified atom stereocenters. The van der Waals surface area contributed by atoms with Crippen LogP contribution in [0.1, 0.15) is 11.1 Å². The van der Waals surface area contributed by atoms with E-state index in [1.165, 1.54) is 18.2 Å². The van der Waals surface area contributed by atoms with E-state index in [-0.39, 0.29) is 16.6 Å². The van der Waals surface area contributed by atoms with Gasteiger partial charge in [-0.3, -0.25) is 10.4 Å². The van der Waals surface area contributed by atoms with E-state index in [0.717, 1.165) is 5.56 Å². The third-order valence-electron chi connectivity index (χ3n) is 2.65. The Kier molecular flexibility index (Phi) is 4.34. The quantitative estimate of drug-likeness (QED) is 0.655. The van der Waals surface area contributed by atoms with Gasteiger partial charge in [0.1, 0.15) is 0 Å². The first-order chi connectivity index (χ1) is 9.56. The number of anilines is 2. The van der Waals surface area contributed by atoms with Crippen LogP contribution in [0.3, 0.4) is 0 Å². The van der Waals surface area contributed by atoms with Crippen LogP contribution < -0.4 is 10.5 Å². The molecule has 20 heavy (non-hydrogen) atoms. The minimum atomic E-state index is -0.451. The normalized spacial score (nSPS) is 10.8. The molecule has 0 aliphatic heterocycles. The van der Waals surface area contributed by atoms with E-state index in [1.54, 1.807) is 42.5 Å². The number of hydrogen-bond donors (Lipinski definition) is 2. The van der Waals surface area contributed by atoms with E-state index < -0.39 is 5.23 Å². The summed E-state index contributed by atoms with van der Waals surface area (Å²) < 4.78 is 0. The van der Waals surface area contributed by atoms with Gasteiger partial charge in [0, 0.05) is 5.69 Å². The topological polar surface area (TPSA) is 93.1 Å². The van der Waals surface area contributed by atoms with Crippen LogP contribution in [0.25, 0.3) is 12.2 Å². The summed E-state index contributed by atoms with van der Waals surface area (Å²) in [5, 5.41) is 38.8. The molecular weight excluding hydrogens is 260 g/mol. The zero-order valence-corrected chi connectivity index (χ0v) is 10.4. The van der Waals surface area contributed by atoms with Crippen molar-refractivity contribution in [1.29, 1.82) is 0 Å². The van der Waals surface area contributed by atoms with E-state index in [1.807, 2.05) is 0 Å². The predicted octanol–water partition coefficient (Wildman–Crippen LogP) is 3.24. The second kappa shape index (κ2) is 6.18. The molecule has 0 amide bonds. The van der Waals surface area contributed by atoms with E-state index in [9.17, 15) is 10.4 Å². The molecule has 0 fully saturated rings. The molecule has 0 saturated carbocycles. The van der Waals surface area contributed by atoms with Crippen molar-refractivity contribution in [1.82, 2.24) is 0 Å². The Morgan fingerprint density at radius 3 is 1.80 bits per heavy atom. The van der Waals surface area contributed by atoms with Crippen LogP contribution in [0.4, 0.5) is 11.4 Å². The zero-order valence-electron chi connectivity index (χ0n) is 10.4. The molecule has 0 radical (unpaired) electrons. The third kappa shape index (κ3) is 3.56. The van der Waals surface area contributed by atoms with Crippen molar-refractivity contribution in [2.45, 2.75) is 0 Å². The molecular formula is C14H12N2O4-2. The Labute approximate surface area is 115 Å². The van der Waals surface area contributed by atoms with E-state index in [0.29, 0.717) is 5.56 Å². The molecule has 0 heterocycles. The van der Waals surface area contributed by atoms with Crippen molar-refractivity contribution in [3.63, 3.8) is 0 Å². The van der Waals surface area contributed by atoms with Gasteiger partial charge in [0.25, 0.3) is 0 Å². The Hall–Kier alpha value is -2.38. The molecule has 0 aliphatic rings. The molecule has 0 aromatic heterocycles. The van der Waals surface area contributed by atoms with Crippen LogP contribution in [0.2, 0.25) is 0 Å². The lowest BCUT2D eigenvalue weighted by molar-refractivity contribution is 0.0291. The van der Waals surface area contributed by atoms with Gasteiger partial charge >= 0.3 is 0 Å². The van der Waals surface area contributed by atoms with Gasteiger partial charge in [-0.05, 0) is 35.4 Å². The molecule has 104 valence electrons. The SMILES string of the molecule is [O-]N([O-])c1cccc(C=Cc2cccc(N(O)O)c2)c1. The van der Waals surface area contributed by atoms with Gasteiger partial charge in [0.2, 0.25) is 0 Å². The summed E-state index contributed by atoms with van der Waals surface area (Å²) in [5.41, 5.74) is 1.68. The van der Waals surface area contributed by atoms with Crippen LogP contribution in [0.5, 0.6) is 0 Å². The van der Waals surface area contributed by atoms with Gasteiger partial charge in [0.15, 0.2) is 0 Å². The molecule has 0 saturated heterocycles. The van der Waals surface area contributed by atoms with E-state index in [4.69, 9.17) is 10.4 Å². The number of benzene rings is 2. The summed E-state index contributed by atoms with van der Waals surface area (Å²) in [6.45, 7) is 0. The lowest BCUT2D eigenvalue weighted by Gasteiger charge is -2.37. The second-order valence-electron chi connectivity index (χ2n) is 4.07. The van der Waals surface area contributed by atoms with Crippen LogP contribution in [-0.2, 0) is 0 Å². The van der Waals surface area contributed by atoms with Gasteiger partial charge in [0.05, 0.1) is 5.69 Å². The fourth-order valence-electron chi connectivity index (χ4n) is 1.69. The summed E-state index contributed by atoms with van der Waals surface area (Å²) >= 11 is 0. The average Bonchev–Trinajstić information content (AvgIpc) is 2.45. The standard InChI is InChI=1S/C14H12N2O4/c17-15(18)13-5-1-3-11(9-13)7-8-12-4-2-6-14(10-12)16(19)20/h1-10,17-18H/q-2. The maximum Gasteiger partial charge on any atom is 0.0948 e. The molecule has 0 spiro atoms. The summed E-state index contributed by atoms with van der Waals surface area (Å²) in [6.07, 6.45) is 3.44. The van der Waals surface area contributed by atoms with Crippen molar-refractivity contribution >= 4 is 23.5 Å². The van der Waals surface area contributed by atoms with Crippen molar-refractivity contribution in [2.24, 2.45) is 0 Å². The van der Waals surface area contributed by atoms with Gasteiger partial charge < -0.3 is 15.6 Å². The maximum absolute atomic E-state index is 10.7. The van der Waals surface area contributed by atoms with E-state index >= 15 is 0 Å². The van der Waals surface area contributed by atoms with Crippen LogP contribution in [-0.4, -0.2) is 10.4 Å². The van der Waals surface area contributed by atoms with Gasteiger partial charge in [-0.1, -0.05) is 36.4 Å². The van der Waals surface area contributed by atoms with Crippen LogP contribution in [0, 0.1) is 10.4 Å². The first-order valence-corrected chi connectivity index (χ1v) is 5.77. The zero-order chi connectivity index (χ0) is 14.5. The lowest BCUT2D eigenvalue weighted by Crippen LogP contribution is -2.10. The fraction of sp³-hybridized carbons (Fsp3) is 0. The molecule has 2 N–H and O–H groups in total. The number of hydrogen-bond acceptors (Lipinski definition) is 6. The predicted molar refractivity (Wildman–Crippen MR) is 77.1 cm³/mol. The minimum absolute atomic E-state index is 0.0257. The lowest BCUT2D eigenvalue weighted by atomic mass is 10.1. The van der Waals surface area contributed by atoms with Crippen LogP contribution >= 0.6 is 0 Å². The Bertz CT molecular complexity index is 558. The fourth-order valence-corrected chi connectivity index (χ4v) is 1.69. The number of nitrogens with zero attached hydrogens (tertiary/aromatic N) is 2. The van der Waals surface area contributed by atoms with Gasteiger partial charge in [-0.2, -0.15) is 0 Å². The Morgan fingerprint density at radius 1 is 0.800 bits per heavy atom. The smallest absolute Gasteiger partial charge is 0.0948 e. The largest absolute Gasteiger partial charge is 0.769 e. The summed E-state index contributed by atoms with van der Waals surface area (Å²) in [7, 11) is 0. The maximum atomic E-state index is 10.7. The first kappa shape index (κ1) is 14.0. The molecule has 6 nitrogen and oxygen atoms in total. The van der Waals surface area contributed by atoms with Gasteiger partial charge in [-0.15, -0.1) is 5.23 Å². The Morgan fingerprint density at radius 2 is 1.30 bits per heavy atom. The molecule has 2 aromatic carbocycles. The van der Waals surface area contributed by atoms with Crippen molar-refractivity contribution in [3.8, 4) is 0 Å². The molecule has 0 bridgehead atoms. The highest BCUT2D eigenvalue weighted by Crippen LogP contribution is 2.18. The molecule has 6 heteroatoms. The highest BCUT2D eigenvalue weighted by atomic mass is 16.8. The highest BCUT2D eigenvalue weighted by molar-refractivity contribution is 5.72. The second-order valence-corrected chi connectivity index (χ2v) is 4.07. The van der Waals surface area contributed by atoms with Crippen molar-refractivity contribution < 1.29 is 10.4 Å². The van der Waals surface area contributed by atoms with Gasteiger partial charge in [-0.25, -0.2) is 0 Å². The third-order valence-corrected chi connectivity index (χ3v) is 2.65. The molecule has 0 atom stereocenters. The summed E-state index contributed by atoms with van der Waals surface area (Å²) in [6, 6.07) is 12.8. The minimum Gasteiger partial charge on any atom is -0.769 e. The number of rotatable bonds is 4. The summed E-state index contributed by atoms with van der Waals surface area (Å²) in [4.78, 5) is 0. The highest BCUT2D eigenvalue weighted by Gasteiger charge is 1.98. The average molecular weight is 272 g/mol. The molecule has 2 rings (SSSR count). The molecule has 0 aliphatic carbocycles. The van der Waals surface area contributed by atoms with Crippen molar-refractivity contribution in [3.05, 3.63) is 70.1 Å². The van der Waals surface area contributed by atoms with E-state index in [2.05, 4.69) is 0 Å². The summed E-state index contributed by atoms with van der Waals surface area (Å²) in [5.74, 6) is 0. The first-order valence-electron chi connectivity index (χ1n) is 5.77. The van der Waals surface area contributed by atoms with Crippen LogP contribution in [0.15, 0.2) is 48.5 Å². The Balaban J connectivity index is 2.21.